The van der Waals surface area contributed by atoms with Gasteiger partial charge >= 0.3 is 5.97 Å². The Kier molecular flexibility index (Phi) is 6.14. The van der Waals surface area contributed by atoms with Crippen LogP contribution in [-0.4, -0.2) is 29.1 Å². The molecule has 0 atom stereocenters. The third kappa shape index (κ3) is 4.58. The number of thioether (sulfide) groups is 1. The fourth-order valence-corrected chi connectivity index (χ4v) is 8.05. The summed E-state index contributed by atoms with van der Waals surface area (Å²) in [5.41, 5.74) is 2.34. The highest BCUT2D eigenvalue weighted by molar-refractivity contribution is 8.18. The number of hydrogen-bond acceptors (Lipinski definition) is 6. The summed E-state index contributed by atoms with van der Waals surface area (Å²) in [6.45, 7) is 2.22. The number of imide groups is 1. The molecule has 1 heterocycles. The minimum absolute atomic E-state index is 0.130. The maximum Gasteiger partial charge on any atom is 0.317 e. The van der Waals surface area contributed by atoms with Gasteiger partial charge in [-0.25, -0.2) is 0 Å². The van der Waals surface area contributed by atoms with E-state index < -0.39 is 0 Å². The molecule has 0 aromatic heterocycles. The molecule has 2 amide bonds. The number of esters is 1. The molecule has 192 valence electrons. The Hall–Kier alpha value is -3.06. The number of benzene rings is 2. The number of rotatable bonds is 6. The lowest BCUT2D eigenvalue weighted by Crippen LogP contribution is -2.51. The molecule has 0 spiro atoms. The van der Waals surface area contributed by atoms with Gasteiger partial charge in [-0.15, -0.1) is 0 Å². The van der Waals surface area contributed by atoms with E-state index in [0.717, 1.165) is 42.2 Å². The first-order valence-corrected chi connectivity index (χ1v) is 13.8. The Morgan fingerprint density at radius 1 is 1.03 bits per heavy atom. The van der Waals surface area contributed by atoms with Gasteiger partial charge in [-0.05, 0) is 104 Å². The average molecular weight is 518 g/mol. The lowest BCUT2D eigenvalue weighted by molar-refractivity contribution is -0.161. The Balaban J connectivity index is 1.18. The van der Waals surface area contributed by atoms with Gasteiger partial charge in [0.15, 0.2) is 11.5 Å². The number of amides is 2. The molecule has 1 aliphatic heterocycles. The summed E-state index contributed by atoms with van der Waals surface area (Å²) in [6, 6.07) is 13.0. The summed E-state index contributed by atoms with van der Waals surface area (Å²) in [5, 5.41) is -0.286. The van der Waals surface area contributed by atoms with Crippen molar-refractivity contribution in [1.82, 2.24) is 4.90 Å². The Labute approximate surface area is 221 Å². The van der Waals surface area contributed by atoms with Crippen molar-refractivity contribution in [3.8, 4) is 11.5 Å². The molecule has 5 fully saturated rings. The largest absolute Gasteiger partial charge is 0.493 e. The number of nitrogens with zero attached hydrogens (tertiary/aromatic N) is 1. The quantitative estimate of drug-likeness (QED) is 0.252. The van der Waals surface area contributed by atoms with Crippen LogP contribution in [0.25, 0.3) is 6.08 Å². The third-order valence-corrected chi connectivity index (χ3v) is 9.36. The van der Waals surface area contributed by atoms with Crippen LogP contribution in [0.15, 0.2) is 47.4 Å². The molecule has 4 bridgehead atoms. The molecule has 2 aromatic rings. The Morgan fingerprint density at radius 3 is 2.38 bits per heavy atom. The maximum absolute atomic E-state index is 13.4. The number of carbonyl (C=O) groups excluding carboxylic acids is 3. The SMILES string of the molecule is COc1cc(/C=C2\SC(=O)N(Cc3cccc(C)c3)C2=O)ccc1OC(=O)C12CC3CC(CC(C3)C1)C2. The van der Waals surface area contributed by atoms with Gasteiger partial charge < -0.3 is 9.47 Å². The van der Waals surface area contributed by atoms with Crippen LogP contribution in [0.3, 0.4) is 0 Å². The van der Waals surface area contributed by atoms with Gasteiger partial charge in [0.25, 0.3) is 11.1 Å². The molecule has 0 unspecified atom stereocenters. The molecule has 2 aromatic carbocycles. The smallest absolute Gasteiger partial charge is 0.317 e. The highest BCUT2D eigenvalue weighted by atomic mass is 32.2. The predicted octanol–water partition coefficient (Wildman–Crippen LogP) is 6.36. The highest BCUT2D eigenvalue weighted by Crippen LogP contribution is 2.60. The van der Waals surface area contributed by atoms with E-state index >= 15 is 0 Å². The number of hydrogen-bond donors (Lipinski definition) is 0. The summed E-state index contributed by atoms with van der Waals surface area (Å²) in [7, 11) is 1.54. The molecule has 5 aliphatic rings. The van der Waals surface area contributed by atoms with Crippen molar-refractivity contribution >= 4 is 35.0 Å². The summed E-state index contributed by atoms with van der Waals surface area (Å²) >= 11 is 0.933. The van der Waals surface area contributed by atoms with Crippen molar-refractivity contribution in [1.29, 1.82) is 0 Å². The standard InChI is InChI=1S/C30H31NO5S/c1-18-4-3-5-20(8-18)17-31-27(32)26(37-29(31)34)13-19-6-7-24(25(12-19)35-2)36-28(33)30-14-21-9-22(15-30)11-23(10-21)16-30/h3-8,12-13,21-23H,9-11,14-17H2,1-2H3/b26-13-. The van der Waals surface area contributed by atoms with E-state index in [0.29, 0.717) is 39.7 Å². The van der Waals surface area contributed by atoms with Crippen LogP contribution >= 0.6 is 11.8 Å². The maximum atomic E-state index is 13.4. The number of ether oxygens (including phenoxy) is 2. The fourth-order valence-electron chi connectivity index (χ4n) is 7.21. The van der Waals surface area contributed by atoms with Crippen molar-refractivity contribution in [2.75, 3.05) is 7.11 Å². The van der Waals surface area contributed by atoms with Crippen LogP contribution in [0.2, 0.25) is 0 Å². The summed E-state index contributed by atoms with van der Waals surface area (Å²) in [5.74, 6) is 2.36. The topological polar surface area (TPSA) is 72.9 Å². The van der Waals surface area contributed by atoms with Crippen LogP contribution in [0.4, 0.5) is 4.79 Å². The number of aryl methyl sites for hydroxylation is 1. The van der Waals surface area contributed by atoms with Crippen molar-refractivity contribution in [2.24, 2.45) is 23.2 Å². The van der Waals surface area contributed by atoms with E-state index in [9.17, 15) is 14.4 Å². The molecular formula is C30H31NO5S. The monoisotopic (exact) mass is 517 g/mol. The van der Waals surface area contributed by atoms with Crippen LogP contribution < -0.4 is 9.47 Å². The van der Waals surface area contributed by atoms with Crippen LogP contribution in [0, 0.1) is 30.1 Å². The van der Waals surface area contributed by atoms with Crippen molar-refractivity contribution in [2.45, 2.75) is 52.0 Å². The Bertz CT molecular complexity index is 1280. The first-order chi connectivity index (χ1) is 17.8. The van der Waals surface area contributed by atoms with Gasteiger partial charge in [0, 0.05) is 0 Å². The second kappa shape index (κ2) is 9.35. The van der Waals surface area contributed by atoms with Crippen LogP contribution in [0.1, 0.15) is 55.2 Å². The highest BCUT2D eigenvalue weighted by Gasteiger charge is 2.55. The summed E-state index contributed by atoms with van der Waals surface area (Å²) in [4.78, 5) is 40.6. The third-order valence-electron chi connectivity index (χ3n) is 8.46. The molecule has 37 heavy (non-hydrogen) atoms. The lowest BCUT2D eigenvalue weighted by Gasteiger charge is -2.55. The Morgan fingerprint density at radius 2 is 1.73 bits per heavy atom. The second-order valence-corrected chi connectivity index (χ2v) is 12.2. The van der Waals surface area contributed by atoms with Gasteiger partial charge in [0.05, 0.1) is 24.0 Å². The first-order valence-electron chi connectivity index (χ1n) is 13.0. The minimum Gasteiger partial charge on any atom is -0.493 e. The normalized spacial score (nSPS) is 29.3. The van der Waals surface area contributed by atoms with Gasteiger partial charge in [0.2, 0.25) is 0 Å². The van der Waals surface area contributed by atoms with Crippen molar-refractivity contribution in [3.63, 3.8) is 0 Å². The van der Waals surface area contributed by atoms with Gasteiger partial charge in [0.1, 0.15) is 0 Å². The zero-order valence-corrected chi connectivity index (χ0v) is 22.0. The average Bonchev–Trinajstić information content (AvgIpc) is 3.11. The molecular weight excluding hydrogens is 486 g/mol. The van der Waals surface area contributed by atoms with Crippen molar-refractivity contribution in [3.05, 3.63) is 64.1 Å². The first kappa shape index (κ1) is 24.3. The van der Waals surface area contributed by atoms with Crippen LogP contribution in [0.5, 0.6) is 11.5 Å². The second-order valence-electron chi connectivity index (χ2n) is 11.3. The number of carbonyl (C=O) groups is 3. The van der Waals surface area contributed by atoms with Gasteiger partial charge in [-0.3, -0.25) is 19.3 Å². The van der Waals surface area contributed by atoms with E-state index in [1.807, 2.05) is 31.2 Å². The van der Waals surface area contributed by atoms with E-state index in [1.165, 1.54) is 31.3 Å². The summed E-state index contributed by atoms with van der Waals surface area (Å²) in [6.07, 6.45) is 8.31. The molecule has 0 N–H and O–H groups in total. The van der Waals surface area contributed by atoms with E-state index in [1.54, 1.807) is 24.3 Å². The predicted molar refractivity (Wildman–Crippen MR) is 142 cm³/mol. The van der Waals surface area contributed by atoms with Gasteiger partial charge in [-0.2, -0.15) is 0 Å². The molecule has 7 heteroatoms. The zero-order chi connectivity index (χ0) is 25.7. The molecule has 6 nitrogen and oxygen atoms in total. The molecule has 4 aliphatic carbocycles. The zero-order valence-electron chi connectivity index (χ0n) is 21.2. The minimum atomic E-state index is -0.353. The molecule has 0 radical (unpaired) electrons. The van der Waals surface area contributed by atoms with E-state index in [2.05, 4.69) is 0 Å². The molecule has 7 rings (SSSR count). The number of methoxy groups -OCH3 is 1. The molecule has 1 saturated heterocycles. The van der Waals surface area contributed by atoms with Crippen molar-refractivity contribution < 1.29 is 23.9 Å². The van der Waals surface area contributed by atoms with E-state index in [4.69, 9.17) is 9.47 Å². The summed E-state index contributed by atoms with van der Waals surface area (Å²) < 4.78 is 11.5. The van der Waals surface area contributed by atoms with Gasteiger partial charge in [-0.1, -0.05) is 35.9 Å². The fraction of sp³-hybridized carbons (Fsp3) is 0.433. The lowest BCUT2D eigenvalue weighted by atomic mass is 9.49. The van der Waals surface area contributed by atoms with Crippen LogP contribution in [-0.2, 0) is 16.1 Å². The molecule has 4 saturated carbocycles. The van der Waals surface area contributed by atoms with E-state index in [-0.39, 0.29) is 29.1 Å².